The predicted octanol–water partition coefficient (Wildman–Crippen LogP) is 5.41. The SMILES string of the molecule is CCn1c(SCc2ccccc2)nnc1-c1cccc2ccccc12. The van der Waals surface area contributed by atoms with E-state index in [0.717, 1.165) is 28.8 Å². The van der Waals surface area contributed by atoms with Gasteiger partial charge < -0.3 is 4.57 Å². The number of thioether (sulfide) groups is 1. The molecule has 0 unspecified atom stereocenters. The molecular weight excluding hydrogens is 326 g/mol. The second-order valence-corrected chi connectivity index (χ2v) is 6.79. The Hall–Kier alpha value is -2.59. The number of hydrogen-bond donors (Lipinski definition) is 0. The van der Waals surface area contributed by atoms with Crippen LogP contribution in [0.3, 0.4) is 0 Å². The maximum absolute atomic E-state index is 4.51. The first-order valence-electron chi connectivity index (χ1n) is 8.45. The molecule has 4 heteroatoms. The molecule has 0 radical (unpaired) electrons. The number of aromatic nitrogens is 3. The van der Waals surface area contributed by atoms with Crippen molar-refractivity contribution in [2.75, 3.05) is 0 Å². The van der Waals surface area contributed by atoms with E-state index in [1.54, 1.807) is 11.8 Å². The number of hydrogen-bond acceptors (Lipinski definition) is 3. The quantitative estimate of drug-likeness (QED) is 0.453. The maximum atomic E-state index is 4.51. The van der Waals surface area contributed by atoms with Crippen molar-refractivity contribution >= 4 is 22.5 Å². The zero-order valence-corrected chi connectivity index (χ0v) is 14.9. The molecule has 1 heterocycles. The highest BCUT2D eigenvalue weighted by molar-refractivity contribution is 7.98. The number of nitrogens with zero attached hydrogens (tertiary/aromatic N) is 3. The van der Waals surface area contributed by atoms with Crippen molar-refractivity contribution in [2.45, 2.75) is 24.4 Å². The van der Waals surface area contributed by atoms with E-state index in [2.05, 4.69) is 88.4 Å². The van der Waals surface area contributed by atoms with Gasteiger partial charge in [-0.05, 0) is 23.3 Å². The van der Waals surface area contributed by atoms with Crippen LogP contribution in [-0.4, -0.2) is 14.8 Å². The summed E-state index contributed by atoms with van der Waals surface area (Å²) in [5, 5.41) is 12.4. The highest BCUT2D eigenvalue weighted by Gasteiger charge is 2.15. The molecule has 1 aromatic heterocycles. The van der Waals surface area contributed by atoms with Crippen LogP contribution in [0.2, 0.25) is 0 Å². The van der Waals surface area contributed by atoms with Crippen LogP contribution in [0.25, 0.3) is 22.2 Å². The highest BCUT2D eigenvalue weighted by atomic mass is 32.2. The second-order valence-electron chi connectivity index (χ2n) is 5.85. The molecular formula is C21H19N3S. The van der Waals surface area contributed by atoms with Gasteiger partial charge in [0.2, 0.25) is 0 Å². The summed E-state index contributed by atoms with van der Waals surface area (Å²) in [6.45, 7) is 2.99. The molecule has 4 rings (SSSR count). The minimum Gasteiger partial charge on any atom is -0.302 e. The fraction of sp³-hybridized carbons (Fsp3) is 0.143. The third-order valence-electron chi connectivity index (χ3n) is 4.27. The normalized spacial score (nSPS) is 11.1. The fourth-order valence-electron chi connectivity index (χ4n) is 3.02. The van der Waals surface area contributed by atoms with Gasteiger partial charge in [0.25, 0.3) is 0 Å². The van der Waals surface area contributed by atoms with Gasteiger partial charge in [0.05, 0.1) is 0 Å². The van der Waals surface area contributed by atoms with Crippen LogP contribution in [0.4, 0.5) is 0 Å². The Morgan fingerprint density at radius 1 is 0.840 bits per heavy atom. The molecule has 0 aliphatic rings. The molecule has 0 atom stereocenters. The summed E-state index contributed by atoms with van der Waals surface area (Å²) in [6.07, 6.45) is 0. The van der Waals surface area contributed by atoms with Crippen molar-refractivity contribution in [1.82, 2.24) is 14.8 Å². The molecule has 124 valence electrons. The highest BCUT2D eigenvalue weighted by Crippen LogP contribution is 2.30. The molecule has 3 nitrogen and oxygen atoms in total. The third kappa shape index (κ3) is 3.17. The predicted molar refractivity (Wildman–Crippen MR) is 105 cm³/mol. The Balaban J connectivity index is 1.70. The fourth-order valence-corrected chi connectivity index (χ4v) is 3.98. The monoisotopic (exact) mass is 345 g/mol. The van der Waals surface area contributed by atoms with Gasteiger partial charge in [-0.1, -0.05) is 84.6 Å². The molecule has 0 N–H and O–H groups in total. The Morgan fingerprint density at radius 3 is 2.44 bits per heavy atom. The molecule has 4 aromatic rings. The first kappa shape index (κ1) is 15.9. The van der Waals surface area contributed by atoms with Crippen molar-refractivity contribution < 1.29 is 0 Å². The van der Waals surface area contributed by atoms with E-state index < -0.39 is 0 Å². The second kappa shape index (κ2) is 7.11. The number of fused-ring (bicyclic) bond motifs is 1. The van der Waals surface area contributed by atoms with E-state index in [1.807, 2.05) is 6.07 Å². The molecule has 0 bridgehead atoms. The lowest BCUT2D eigenvalue weighted by atomic mass is 10.0. The van der Waals surface area contributed by atoms with Crippen molar-refractivity contribution in [2.24, 2.45) is 0 Å². The van der Waals surface area contributed by atoms with Gasteiger partial charge in [0.15, 0.2) is 11.0 Å². The lowest BCUT2D eigenvalue weighted by Gasteiger charge is -2.09. The first-order chi connectivity index (χ1) is 12.4. The molecule has 0 aliphatic heterocycles. The summed E-state index contributed by atoms with van der Waals surface area (Å²) >= 11 is 1.73. The Labute approximate surface area is 151 Å². The van der Waals surface area contributed by atoms with Gasteiger partial charge in [-0.25, -0.2) is 0 Å². The summed E-state index contributed by atoms with van der Waals surface area (Å²) < 4.78 is 2.20. The molecule has 3 aromatic carbocycles. The first-order valence-corrected chi connectivity index (χ1v) is 9.43. The van der Waals surface area contributed by atoms with Gasteiger partial charge >= 0.3 is 0 Å². The maximum Gasteiger partial charge on any atom is 0.191 e. The zero-order valence-electron chi connectivity index (χ0n) is 14.1. The van der Waals surface area contributed by atoms with Gasteiger partial charge in [0, 0.05) is 17.9 Å². The molecule has 0 saturated heterocycles. The van der Waals surface area contributed by atoms with Gasteiger partial charge in [-0.3, -0.25) is 0 Å². The van der Waals surface area contributed by atoms with Crippen molar-refractivity contribution in [3.8, 4) is 11.4 Å². The van der Waals surface area contributed by atoms with E-state index in [-0.39, 0.29) is 0 Å². The van der Waals surface area contributed by atoms with Gasteiger partial charge in [-0.15, -0.1) is 10.2 Å². The van der Waals surface area contributed by atoms with Gasteiger partial charge in [0.1, 0.15) is 0 Å². The molecule has 0 saturated carbocycles. The molecule has 0 amide bonds. The third-order valence-corrected chi connectivity index (χ3v) is 5.31. The van der Waals surface area contributed by atoms with E-state index in [4.69, 9.17) is 0 Å². The van der Waals surface area contributed by atoms with Gasteiger partial charge in [-0.2, -0.15) is 0 Å². The van der Waals surface area contributed by atoms with E-state index in [0.29, 0.717) is 0 Å². The van der Waals surface area contributed by atoms with Crippen LogP contribution in [-0.2, 0) is 12.3 Å². The minimum atomic E-state index is 0.850. The van der Waals surface area contributed by atoms with Crippen LogP contribution in [0, 0.1) is 0 Å². The summed E-state index contributed by atoms with van der Waals surface area (Å²) in [5.74, 6) is 1.84. The van der Waals surface area contributed by atoms with Crippen molar-refractivity contribution in [3.63, 3.8) is 0 Å². The number of rotatable bonds is 5. The Morgan fingerprint density at radius 2 is 1.60 bits per heavy atom. The summed E-state index contributed by atoms with van der Waals surface area (Å²) in [6, 6.07) is 25.2. The largest absolute Gasteiger partial charge is 0.302 e. The topological polar surface area (TPSA) is 30.7 Å². The summed E-state index contributed by atoms with van der Waals surface area (Å²) in [4.78, 5) is 0. The lowest BCUT2D eigenvalue weighted by molar-refractivity contribution is 0.687. The van der Waals surface area contributed by atoms with E-state index >= 15 is 0 Å². The van der Waals surface area contributed by atoms with E-state index in [1.165, 1.54) is 16.3 Å². The summed E-state index contributed by atoms with van der Waals surface area (Å²) in [5.41, 5.74) is 2.43. The zero-order chi connectivity index (χ0) is 17.1. The van der Waals surface area contributed by atoms with Crippen molar-refractivity contribution in [1.29, 1.82) is 0 Å². The van der Waals surface area contributed by atoms with Crippen LogP contribution >= 0.6 is 11.8 Å². The minimum absolute atomic E-state index is 0.850. The average molecular weight is 345 g/mol. The number of benzene rings is 3. The van der Waals surface area contributed by atoms with Crippen LogP contribution in [0.15, 0.2) is 78.0 Å². The van der Waals surface area contributed by atoms with E-state index in [9.17, 15) is 0 Å². The molecule has 0 fully saturated rings. The average Bonchev–Trinajstić information content (AvgIpc) is 3.09. The standard InChI is InChI=1S/C21H19N3S/c1-2-24-20(19-14-8-12-17-11-6-7-13-18(17)19)22-23-21(24)25-15-16-9-4-3-5-10-16/h3-14H,2,15H2,1H3. The summed E-state index contributed by atoms with van der Waals surface area (Å²) in [7, 11) is 0. The van der Waals surface area contributed by atoms with Crippen LogP contribution in [0.5, 0.6) is 0 Å². The van der Waals surface area contributed by atoms with Crippen LogP contribution in [0.1, 0.15) is 12.5 Å². The molecule has 0 spiro atoms. The van der Waals surface area contributed by atoms with Crippen LogP contribution < -0.4 is 0 Å². The Bertz CT molecular complexity index is 987. The molecule has 0 aliphatic carbocycles. The molecule has 25 heavy (non-hydrogen) atoms. The smallest absolute Gasteiger partial charge is 0.191 e. The Kier molecular flexibility index (Phi) is 4.53. The van der Waals surface area contributed by atoms with Crippen molar-refractivity contribution in [3.05, 3.63) is 78.4 Å². The lowest BCUT2D eigenvalue weighted by Crippen LogP contribution is -2.00.